The fourth-order valence-corrected chi connectivity index (χ4v) is 3.27. The van der Waals surface area contributed by atoms with E-state index in [-0.39, 0.29) is 11.6 Å². The number of benzene rings is 3. The molecule has 182 valence electrons. The first kappa shape index (κ1) is 24.2. The molecule has 0 fully saturated rings. The Morgan fingerprint density at radius 3 is 2.17 bits per heavy atom. The molecule has 0 atom stereocenters. The van der Waals surface area contributed by atoms with Crippen molar-refractivity contribution in [1.29, 1.82) is 0 Å². The third-order valence-corrected chi connectivity index (χ3v) is 5.12. The van der Waals surface area contributed by atoms with Crippen molar-refractivity contribution in [3.05, 3.63) is 95.9 Å². The molecule has 4 aromatic rings. The second-order valence-electron chi connectivity index (χ2n) is 7.67. The first-order valence-electron chi connectivity index (χ1n) is 11.0. The number of carbonyl (C=O) groups excluding carboxylic acids is 3. The highest BCUT2D eigenvalue weighted by Gasteiger charge is 2.20. The monoisotopic (exact) mass is 485 g/mol. The molecule has 0 aliphatic rings. The van der Waals surface area contributed by atoms with Gasteiger partial charge in [-0.1, -0.05) is 18.2 Å². The predicted octanol–water partition coefficient (Wildman–Crippen LogP) is 4.71. The lowest BCUT2D eigenvalue weighted by Gasteiger charge is -2.08. The number of nitrogens with one attached hydrogen (secondary N) is 2. The van der Waals surface area contributed by atoms with Crippen molar-refractivity contribution in [1.82, 2.24) is 4.98 Å². The highest BCUT2D eigenvalue weighted by atomic mass is 16.5. The molecule has 3 aromatic carbocycles. The molecule has 0 bridgehead atoms. The number of nitrogens with zero attached hydrogens (tertiary/aromatic N) is 1. The number of ether oxygens (including phenoxy) is 2. The number of carbonyl (C=O) groups is 3. The van der Waals surface area contributed by atoms with Gasteiger partial charge in [0.15, 0.2) is 12.3 Å². The molecular formula is C27H23N3O6. The summed E-state index contributed by atoms with van der Waals surface area (Å²) < 4.78 is 15.7. The summed E-state index contributed by atoms with van der Waals surface area (Å²) in [5.74, 6) is -0.331. The molecule has 0 aliphatic heterocycles. The van der Waals surface area contributed by atoms with Crippen LogP contribution in [0.25, 0.3) is 11.5 Å². The van der Waals surface area contributed by atoms with Crippen molar-refractivity contribution >= 4 is 29.2 Å². The first-order chi connectivity index (χ1) is 17.4. The first-order valence-corrected chi connectivity index (χ1v) is 11.0. The van der Waals surface area contributed by atoms with E-state index in [0.717, 1.165) is 5.56 Å². The lowest BCUT2D eigenvalue weighted by molar-refractivity contribution is -0.119. The highest BCUT2D eigenvalue weighted by molar-refractivity contribution is 6.04. The standard InChI is InChI=1S/C27H23N3O6/c1-17-24(30-26(36-17)19-6-4-3-5-7-19)27(33)35-16-23(31)28-20-10-8-18(9-11-20)25(32)29-21-12-14-22(34-2)15-13-21/h3-15H,16H2,1-2H3,(H,28,31)(H,29,32). The second kappa shape index (κ2) is 11.0. The fraction of sp³-hybridized carbons (Fsp3) is 0.111. The third-order valence-electron chi connectivity index (χ3n) is 5.12. The number of rotatable bonds is 8. The van der Waals surface area contributed by atoms with Crippen LogP contribution in [0.15, 0.2) is 83.3 Å². The van der Waals surface area contributed by atoms with E-state index in [0.29, 0.717) is 34.3 Å². The van der Waals surface area contributed by atoms with Crippen molar-refractivity contribution < 1.29 is 28.3 Å². The van der Waals surface area contributed by atoms with Crippen molar-refractivity contribution in [3.63, 3.8) is 0 Å². The molecule has 0 radical (unpaired) electrons. The van der Waals surface area contributed by atoms with Crippen LogP contribution in [-0.4, -0.2) is 36.5 Å². The number of amides is 2. The van der Waals surface area contributed by atoms with E-state index in [1.165, 1.54) is 0 Å². The van der Waals surface area contributed by atoms with Gasteiger partial charge in [0.05, 0.1) is 7.11 Å². The average Bonchev–Trinajstić information content (AvgIpc) is 3.30. The predicted molar refractivity (Wildman–Crippen MR) is 133 cm³/mol. The van der Waals surface area contributed by atoms with E-state index in [1.54, 1.807) is 62.6 Å². The molecule has 36 heavy (non-hydrogen) atoms. The van der Waals surface area contributed by atoms with E-state index in [2.05, 4.69) is 15.6 Å². The van der Waals surface area contributed by atoms with Crippen LogP contribution < -0.4 is 15.4 Å². The number of esters is 1. The maximum atomic E-state index is 12.4. The minimum atomic E-state index is -0.765. The molecular weight excluding hydrogens is 462 g/mol. The minimum Gasteiger partial charge on any atom is -0.497 e. The highest BCUT2D eigenvalue weighted by Crippen LogP contribution is 2.22. The average molecular weight is 485 g/mol. The Kier molecular flexibility index (Phi) is 7.40. The summed E-state index contributed by atoms with van der Waals surface area (Å²) in [6, 6.07) is 22.4. The van der Waals surface area contributed by atoms with Gasteiger partial charge >= 0.3 is 5.97 Å². The summed E-state index contributed by atoms with van der Waals surface area (Å²) in [6.07, 6.45) is 0. The van der Waals surface area contributed by atoms with Crippen molar-refractivity contribution in [2.24, 2.45) is 0 Å². The molecule has 0 aliphatic carbocycles. The summed E-state index contributed by atoms with van der Waals surface area (Å²) in [6.45, 7) is 1.09. The van der Waals surface area contributed by atoms with Crippen LogP contribution >= 0.6 is 0 Å². The SMILES string of the molecule is COc1ccc(NC(=O)c2ccc(NC(=O)COC(=O)c3nc(-c4ccccc4)oc3C)cc2)cc1. The zero-order valence-corrected chi connectivity index (χ0v) is 19.6. The maximum Gasteiger partial charge on any atom is 0.361 e. The van der Waals surface area contributed by atoms with E-state index >= 15 is 0 Å². The summed E-state index contributed by atoms with van der Waals surface area (Å²) in [4.78, 5) is 41.3. The van der Waals surface area contributed by atoms with Crippen LogP contribution in [0.3, 0.4) is 0 Å². The van der Waals surface area contributed by atoms with Gasteiger partial charge in [-0.3, -0.25) is 9.59 Å². The molecule has 9 heteroatoms. The number of hydrogen-bond acceptors (Lipinski definition) is 7. The lowest BCUT2D eigenvalue weighted by Crippen LogP contribution is -2.21. The molecule has 9 nitrogen and oxygen atoms in total. The summed E-state index contributed by atoms with van der Waals surface area (Å²) in [5.41, 5.74) is 2.21. The Morgan fingerprint density at radius 2 is 1.50 bits per heavy atom. The molecule has 1 heterocycles. The van der Waals surface area contributed by atoms with E-state index in [9.17, 15) is 14.4 Å². The Morgan fingerprint density at radius 1 is 0.861 bits per heavy atom. The quantitative estimate of drug-likeness (QED) is 0.347. The molecule has 2 amide bonds. The van der Waals surface area contributed by atoms with E-state index in [1.807, 2.05) is 30.3 Å². The van der Waals surface area contributed by atoms with E-state index < -0.39 is 18.5 Å². The maximum absolute atomic E-state index is 12.4. The molecule has 2 N–H and O–H groups in total. The van der Waals surface area contributed by atoms with E-state index in [4.69, 9.17) is 13.9 Å². The molecule has 0 spiro atoms. The van der Waals surface area contributed by atoms with Crippen molar-refractivity contribution in [2.45, 2.75) is 6.92 Å². The van der Waals surface area contributed by atoms with Crippen LogP contribution in [0.4, 0.5) is 11.4 Å². The third kappa shape index (κ3) is 5.95. The lowest BCUT2D eigenvalue weighted by atomic mass is 10.2. The van der Waals surface area contributed by atoms with Gasteiger partial charge < -0.3 is 24.5 Å². The van der Waals surface area contributed by atoms with Gasteiger partial charge in [0.1, 0.15) is 11.5 Å². The zero-order valence-electron chi connectivity index (χ0n) is 19.6. The molecule has 1 aromatic heterocycles. The number of aromatic nitrogens is 1. The van der Waals surface area contributed by atoms with Gasteiger partial charge in [-0.05, 0) is 67.6 Å². The van der Waals surface area contributed by atoms with Gasteiger partial charge in [-0.2, -0.15) is 0 Å². The summed E-state index contributed by atoms with van der Waals surface area (Å²) in [7, 11) is 1.57. The largest absolute Gasteiger partial charge is 0.497 e. The molecule has 4 rings (SSSR count). The number of hydrogen-bond donors (Lipinski definition) is 2. The Hall–Kier alpha value is -4.92. The minimum absolute atomic E-state index is 0.00822. The van der Waals surface area contributed by atoms with Crippen LogP contribution in [0.5, 0.6) is 5.75 Å². The molecule has 0 saturated heterocycles. The number of oxazole rings is 1. The smallest absolute Gasteiger partial charge is 0.361 e. The van der Waals surface area contributed by atoms with Gasteiger partial charge in [0.25, 0.3) is 11.8 Å². The zero-order chi connectivity index (χ0) is 25.5. The van der Waals surface area contributed by atoms with Crippen LogP contribution in [0, 0.1) is 6.92 Å². The Bertz CT molecular complexity index is 1360. The van der Waals surface area contributed by atoms with Gasteiger partial charge in [0, 0.05) is 22.5 Å². The van der Waals surface area contributed by atoms with Gasteiger partial charge in [-0.25, -0.2) is 9.78 Å². The second-order valence-corrected chi connectivity index (χ2v) is 7.67. The Balaban J connectivity index is 1.29. The van der Waals surface area contributed by atoms with Gasteiger partial charge in [0.2, 0.25) is 5.89 Å². The topological polar surface area (TPSA) is 120 Å². The molecule has 0 saturated carbocycles. The fourth-order valence-electron chi connectivity index (χ4n) is 3.27. The number of anilines is 2. The van der Waals surface area contributed by atoms with Crippen LogP contribution in [0.1, 0.15) is 26.6 Å². The number of aryl methyl sites for hydroxylation is 1. The van der Waals surface area contributed by atoms with Crippen molar-refractivity contribution in [3.8, 4) is 17.2 Å². The molecule has 0 unspecified atom stereocenters. The number of methoxy groups -OCH3 is 1. The summed E-state index contributed by atoms with van der Waals surface area (Å²) in [5, 5.41) is 5.40. The van der Waals surface area contributed by atoms with Gasteiger partial charge in [-0.15, -0.1) is 0 Å². The summed E-state index contributed by atoms with van der Waals surface area (Å²) >= 11 is 0. The van der Waals surface area contributed by atoms with Crippen molar-refractivity contribution in [2.75, 3.05) is 24.4 Å². The van der Waals surface area contributed by atoms with Crippen LogP contribution in [-0.2, 0) is 9.53 Å². The van der Waals surface area contributed by atoms with Crippen LogP contribution in [0.2, 0.25) is 0 Å². The normalized spacial score (nSPS) is 10.4. The Labute approximate surface area is 207 Å².